The summed E-state index contributed by atoms with van der Waals surface area (Å²) in [5, 5.41) is 4.90. The molecule has 0 atom stereocenters. The van der Waals surface area contributed by atoms with Crippen molar-refractivity contribution < 1.29 is 17.9 Å². The van der Waals surface area contributed by atoms with Crippen LogP contribution in [-0.2, 0) is 6.42 Å². The number of benzene rings is 1. The van der Waals surface area contributed by atoms with Gasteiger partial charge in [0.2, 0.25) is 0 Å². The smallest absolute Gasteiger partial charge is 0.132 e. The van der Waals surface area contributed by atoms with Gasteiger partial charge >= 0.3 is 0 Å². The summed E-state index contributed by atoms with van der Waals surface area (Å²) < 4.78 is 45.7. The molecule has 0 radical (unpaired) electrons. The molecule has 0 fully saturated rings. The third kappa shape index (κ3) is 4.32. The molecule has 3 rings (SSSR count). The van der Waals surface area contributed by atoms with E-state index in [2.05, 4.69) is 15.3 Å². The number of aromatic nitrogens is 2. The molecule has 3 aromatic rings. The number of rotatable bonds is 7. The monoisotopic (exact) mass is 379 g/mol. The van der Waals surface area contributed by atoms with Gasteiger partial charge in [-0.2, -0.15) is 0 Å². The number of hydrogen-bond acceptors (Lipinski definition) is 5. The van der Waals surface area contributed by atoms with Crippen LogP contribution in [0.4, 0.5) is 19.0 Å². The Morgan fingerprint density at radius 3 is 2.58 bits per heavy atom. The van der Waals surface area contributed by atoms with E-state index < -0.39 is 17.5 Å². The van der Waals surface area contributed by atoms with Crippen molar-refractivity contribution in [2.24, 2.45) is 0 Å². The predicted octanol–water partition coefficient (Wildman–Crippen LogP) is 4.68. The van der Waals surface area contributed by atoms with E-state index in [1.165, 1.54) is 17.7 Å². The number of halogens is 3. The number of nitrogens with one attached hydrogen (secondary N) is 1. The SMILES string of the molecule is CCOc1csc(-c2cc(NCCc3c(F)cc(F)cc3F)ncn2)c1. The molecular weight excluding hydrogens is 363 g/mol. The Kier molecular flexibility index (Phi) is 5.72. The molecule has 4 nitrogen and oxygen atoms in total. The minimum atomic E-state index is -0.931. The standard InChI is InChI=1S/C18H16F3N3OS/c1-2-25-12-7-17(26-9-12)16-8-18(24-10-23-16)22-4-3-13-14(20)5-11(19)6-15(13)21/h5-10H,2-4H2,1H3,(H,22,23,24). The second-order valence-corrected chi connectivity index (χ2v) is 6.30. The maximum atomic E-state index is 13.6. The van der Waals surface area contributed by atoms with Gasteiger partial charge in [0.15, 0.2) is 0 Å². The van der Waals surface area contributed by atoms with Crippen LogP contribution < -0.4 is 10.1 Å². The second-order valence-electron chi connectivity index (χ2n) is 5.39. The molecule has 8 heteroatoms. The van der Waals surface area contributed by atoms with Crippen LogP contribution in [0.15, 0.2) is 36.0 Å². The van der Waals surface area contributed by atoms with Gasteiger partial charge in [0.05, 0.1) is 17.2 Å². The van der Waals surface area contributed by atoms with Gasteiger partial charge in [0.1, 0.15) is 35.3 Å². The first-order valence-corrected chi connectivity index (χ1v) is 8.86. The highest BCUT2D eigenvalue weighted by atomic mass is 32.1. The fraction of sp³-hybridized carbons (Fsp3) is 0.222. The minimum Gasteiger partial charge on any atom is -0.493 e. The zero-order chi connectivity index (χ0) is 18.5. The van der Waals surface area contributed by atoms with Gasteiger partial charge in [-0.25, -0.2) is 23.1 Å². The number of anilines is 1. The summed E-state index contributed by atoms with van der Waals surface area (Å²) in [5.41, 5.74) is 0.561. The third-order valence-corrected chi connectivity index (χ3v) is 4.52. The van der Waals surface area contributed by atoms with Crippen LogP contribution >= 0.6 is 11.3 Å². The zero-order valence-corrected chi connectivity index (χ0v) is 14.7. The van der Waals surface area contributed by atoms with Gasteiger partial charge in [-0.05, 0) is 13.3 Å². The van der Waals surface area contributed by atoms with Crippen LogP contribution in [0.25, 0.3) is 10.6 Å². The Labute approximate surface area is 152 Å². The molecule has 1 N–H and O–H groups in total. The third-order valence-electron chi connectivity index (χ3n) is 3.59. The van der Waals surface area contributed by atoms with Crippen LogP contribution in [0.3, 0.4) is 0 Å². The summed E-state index contributed by atoms with van der Waals surface area (Å²) in [7, 11) is 0. The Bertz CT molecular complexity index is 878. The normalized spacial score (nSPS) is 10.8. The summed E-state index contributed by atoms with van der Waals surface area (Å²) in [6, 6.07) is 4.99. The first-order valence-electron chi connectivity index (χ1n) is 7.98. The Hall–Kier alpha value is -2.61. The van der Waals surface area contributed by atoms with Gasteiger partial charge in [-0.3, -0.25) is 0 Å². The number of ether oxygens (including phenoxy) is 1. The van der Waals surface area contributed by atoms with Crippen molar-refractivity contribution >= 4 is 17.2 Å². The fourth-order valence-electron chi connectivity index (χ4n) is 2.41. The molecule has 0 unspecified atom stereocenters. The second kappa shape index (κ2) is 8.18. The van der Waals surface area contributed by atoms with E-state index in [4.69, 9.17) is 4.74 Å². The molecule has 0 saturated carbocycles. The van der Waals surface area contributed by atoms with Gasteiger partial charge in [0, 0.05) is 41.8 Å². The van der Waals surface area contributed by atoms with E-state index >= 15 is 0 Å². The van der Waals surface area contributed by atoms with Crippen LogP contribution in [-0.4, -0.2) is 23.1 Å². The lowest BCUT2D eigenvalue weighted by Gasteiger charge is -2.08. The Morgan fingerprint density at radius 2 is 1.85 bits per heavy atom. The highest BCUT2D eigenvalue weighted by Crippen LogP contribution is 2.30. The molecule has 26 heavy (non-hydrogen) atoms. The molecule has 2 aromatic heterocycles. The lowest BCUT2D eigenvalue weighted by molar-refractivity contribution is 0.342. The molecule has 0 spiro atoms. The highest BCUT2D eigenvalue weighted by Gasteiger charge is 2.11. The van der Waals surface area contributed by atoms with E-state index in [1.807, 2.05) is 18.4 Å². The maximum Gasteiger partial charge on any atom is 0.132 e. The van der Waals surface area contributed by atoms with E-state index in [9.17, 15) is 13.2 Å². The first kappa shape index (κ1) is 18.2. The zero-order valence-electron chi connectivity index (χ0n) is 13.9. The summed E-state index contributed by atoms with van der Waals surface area (Å²) in [5.74, 6) is -1.41. The largest absolute Gasteiger partial charge is 0.493 e. The highest BCUT2D eigenvalue weighted by molar-refractivity contribution is 7.13. The van der Waals surface area contributed by atoms with Gasteiger partial charge < -0.3 is 10.1 Å². The van der Waals surface area contributed by atoms with Crippen molar-refractivity contribution in [3.63, 3.8) is 0 Å². The summed E-state index contributed by atoms with van der Waals surface area (Å²) >= 11 is 1.50. The van der Waals surface area contributed by atoms with Gasteiger partial charge in [-0.1, -0.05) is 0 Å². The quantitative estimate of drug-likeness (QED) is 0.648. The molecule has 0 bridgehead atoms. The molecule has 136 valence electrons. The van der Waals surface area contributed by atoms with Crippen LogP contribution in [0.5, 0.6) is 5.75 Å². The van der Waals surface area contributed by atoms with E-state index in [-0.39, 0.29) is 18.5 Å². The van der Waals surface area contributed by atoms with E-state index in [1.54, 1.807) is 6.07 Å². The Balaban J connectivity index is 1.66. The average molecular weight is 379 g/mol. The van der Waals surface area contributed by atoms with Crippen molar-refractivity contribution in [1.82, 2.24) is 9.97 Å². The molecule has 0 aliphatic carbocycles. The van der Waals surface area contributed by atoms with Crippen molar-refractivity contribution in [3.05, 3.63) is 59.0 Å². The average Bonchev–Trinajstić information content (AvgIpc) is 3.06. The van der Waals surface area contributed by atoms with Crippen molar-refractivity contribution in [3.8, 4) is 16.3 Å². The lowest BCUT2D eigenvalue weighted by atomic mass is 10.1. The molecule has 1 aromatic carbocycles. The number of nitrogens with zero attached hydrogens (tertiary/aromatic N) is 2. The summed E-state index contributed by atoms with van der Waals surface area (Å²) in [6.45, 7) is 2.74. The summed E-state index contributed by atoms with van der Waals surface area (Å²) in [6.07, 6.45) is 1.47. The molecule has 0 aliphatic rings. The van der Waals surface area contributed by atoms with E-state index in [0.29, 0.717) is 24.6 Å². The van der Waals surface area contributed by atoms with Crippen molar-refractivity contribution in [2.75, 3.05) is 18.5 Å². The molecular formula is C18H16F3N3OS. The van der Waals surface area contributed by atoms with Gasteiger partial charge in [-0.15, -0.1) is 11.3 Å². The van der Waals surface area contributed by atoms with Crippen LogP contribution in [0, 0.1) is 17.5 Å². The number of thiophene rings is 1. The molecule has 0 saturated heterocycles. The van der Waals surface area contributed by atoms with E-state index in [0.717, 1.165) is 16.3 Å². The summed E-state index contributed by atoms with van der Waals surface area (Å²) in [4.78, 5) is 9.26. The van der Waals surface area contributed by atoms with Crippen molar-refractivity contribution in [1.29, 1.82) is 0 Å². The lowest BCUT2D eigenvalue weighted by Crippen LogP contribution is -2.09. The molecule has 2 heterocycles. The minimum absolute atomic E-state index is 0.0603. The van der Waals surface area contributed by atoms with Crippen molar-refractivity contribution in [2.45, 2.75) is 13.3 Å². The maximum absolute atomic E-state index is 13.6. The molecule has 0 aliphatic heterocycles. The Morgan fingerprint density at radius 1 is 1.08 bits per heavy atom. The van der Waals surface area contributed by atoms with Crippen LogP contribution in [0.2, 0.25) is 0 Å². The fourth-order valence-corrected chi connectivity index (χ4v) is 3.21. The molecule has 0 amide bonds. The van der Waals surface area contributed by atoms with Crippen LogP contribution in [0.1, 0.15) is 12.5 Å². The first-order chi connectivity index (χ1) is 12.6. The van der Waals surface area contributed by atoms with Gasteiger partial charge in [0.25, 0.3) is 0 Å². The predicted molar refractivity (Wildman–Crippen MR) is 95.0 cm³/mol. The number of hydrogen-bond donors (Lipinski definition) is 1. The topological polar surface area (TPSA) is 47.0 Å².